The van der Waals surface area contributed by atoms with E-state index < -0.39 is 15.4 Å². The molecule has 4 heteroatoms. The van der Waals surface area contributed by atoms with Crippen molar-refractivity contribution in [1.29, 1.82) is 0 Å². The number of hydrogen-bond acceptors (Lipinski definition) is 3. The second-order valence-electron chi connectivity index (χ2n) is 5.26. The first-order chi connectivity index (χ1) is 6.99. The first-order valence-electron chi connectivity index (χ1n) is 5.92. The predicted octanol–water partition coefficient (Wildman–Crippen LogP) is 1.51. The molecule has 0 radical (unpaired) electrons. The Morgan fingerprint density at radius 2 is 1.87 bits per heavy atom. The summed E-state index contributed by atoms with van der Waals surface area (Å²) in [6, 6.07) is 0. The SMILES string of the molecule is O=S1(=O)CCCC(CC2(O)CCCC2)C1. The topological polar surface area (TPSA) is 54.4 Å². The fourth-order valence-corrected chi connectivity index (χ4v) is 4.83. The van der Waals surface area contributed by atoms with E-state index in [9.17, 15) is 13.5 Å². The van der Waals surface area contributed by atoms with Gasteiger partial charge in [-0.1, -0.05) is 12.8 Å². The van der Waals surface area contributed by atoms with Crippen LogP contribution in [0.15, 0.2) is 0 Å². The number of hydrogen-bond donors (Lipinski definition) is 1. The highest BCUT2D eigenvalue weighted by atomic mass is 32.2. The Bertz CT molecular complexity index is 315. The van der Waals surface area contributed by atoms with Crippen molar-refractivity contribution < 1.29 is 13.5 Å². The molecule has 2 fully saturated rings. The number of aliphatic hydroxyl groups is 1. The van der Waals surface area contributed by atoms with Crippen molar-refractivity contribution in [2.75, 3.05) is 11.5 Å². The van der Waals surface area contributed by atoms with Crippen LogP contribution in [-0.2, 0) is 9.84 Å². The molecule has 2 aliphatic rings. The van der Waals surface area contributed by atoms with Crippen molar-refractivity contribution in [2.45, 2.75) is 50.5 Å². The molecule has 88 valence electrons. The lowest BCUT2D eigenvalue weighted by Gasteiger charge is -2.30. The quantitative estimate of drug-likeness (QED) is 0.785. The van der Waals surface area contributed by atoms with Crippen LogP contribution < -0.4 is 0 Å². The van der Waals surface area contributed by atoms with Gasteiger partial charge in [0.2, 0.25) is 0 Å². The molecule has 1 heterocycles. The van der Waals surface area contributed by atoms with Crippen molar-refractivity contribution in [3.8, 4) is 0 Å². The zero-order chi connectivity index (χ0) is 10.9. The molecule has 1 saturated heterocycles. The standard InChI is InChI=1S/C11H20O3S/c12-11(5-1-2-6-11)8-10-4-3-7-15(13,14)9-10/h10,12H,1-9H2. The maximum Gasteiger partial charge on any atom is 0.150 e. The molecule has 0 spiro atoms. The lowest BCUT2D eigenvalue weighted by molar-refractivity contribution is 0.0233. The minimum absolute atomic E-state index is 0.201. The van der Waals surface area contributed by atoms with E-state index in [0.717, 1.165) is 38.5 Å². The van der Waals surface area contributed by atoms with Crippen LogP contribution in [0.1, 0.15) is 44.9 Å². The van der Waals surface area contributed by atoms with Crippen LogP contribution in [0.2, 0.25) is 0 Å². The average molecular weight is 232 g/mol. The Kier molecular flexibility index (Phi) is 3.08. The molecule has 15 heavy (non-hydrogen) atoms. The fraction of sp³-hybridized carbons (Fsp3) is 1.00. The van der Waals surface area contributed by atoms with E-state index in [4.69, 9.17) is 0 Å². The summed E-state index contributed by atoms with van der Waals surface area (Å²) in [7, 11) is -2.81. The maximum absolute atomic E-state index is 11.5. The van der Waals surface area contributed by atoms with Gasteiger partial charge >= 0.3 is 0 Å². The molecule has 1 N–H and O–H groups in total. The zero-order valence-electron chi connectivity index (χ0n) is 9.11. The summed E-state index contributed by atoms with van der Waals surface area (Å²) in [5.74, 6) is 0.851. The molecule has 0 aromatic heterocycles. The second-order valence-corrected chi connectivity index (χ2v) is 7.49. The molecule has 1 saturated carbocycles. The molecule has 0 bridgehead atoms. The Labute approximate surface area is 91.8 Å². The van der Waals surface area contributed by atoms with Gasteiger partial charge in [0.1, 0.15) is 0 Å². The van der Waals surface area contributed by atoms with Gasteiger partial charge in [-0.2, -0.15) is 0 Å². The summed E-state index contributed by atoms with van der Waals surface area (Å²) in [6.07, 6.45) is 6.37. The molecule has 0 aromatic rings. The summed E-state index contributed by atoms with van der Waals surface area (Å²) in [5, 5.41) is 10.2. The smallest absolute Gasteiger partial charge is 0.150 e. The van der Waals surface area contributed by atoms with Gasteiger partial charge in [0.15, 0.2) is 9.84 Å². The highest BCUT2D eigenvalue weighted by Crippen LogP contribution is 2.37. The van der Waals surface area contributed by atoms with Crippen molar-refractivity contribution in [2.24, 2.45) is 5.92 Å². The Hall–Kier alpha value is -0.0900. The van der Waals surface area contributed by atoms with Gasteiger partial charge in [-0.05, 0) is 38.0 Å². The highest BCUT2D eigenvalue weighted by molar-refractivity contribution is 7.91. The van der Waals surface area contributed by atoms with Crippen molar-refractivity contribution in [1.82, 2.24) is 0 Å². The van der Waals surface area contributed by atoms with E-state index >= 15 is 0 Å². The molecule has 2 rings (SSSR count). The van der Waals surface area contributed by atoms with Crippen molar-refractivity contribution in [3.63, 3.8) is 0 Å². The van der Waals surface area contributed by atoms with E-state index in [1.165, 1.54) is 0 Å². The summed E-state index contributed by atoms with van der Waals surface area (Å²) in [4.78, 5) is 0. The zero-order valence-corrected chi connectivity index (χ0v) is 9.93. The van der Waals surface area contributed by atoms with Gasteiger partial charge in [-0.15, -0.1) is 0 Å². The van der Waals surface area contributed by atoms with E-state index in [0.29, 0.717) is 17.9 Å². The summed E-state index contributed by atoms with van der Waals surface area (Å²) in [5.41, 5.74) is -0.544. The monoisotopic (exact) mass is 232 g/mol. The third kappa shape index (κ3) is 2.94. The Morgan fingerprint density at radius 1 is 1.20 bits per heavy atom. The van der Waals surface area contributed by atoms with Crippen LogP contribution in [0.25, 0.3) is 0 Å². The molecule has 1 atom stereocenters. The van der Waals surface area contributed by atoms with Crippen LogP contribution in [0.3, 0.4) is 0 Å². The van der Waals surface area contributed by atoms with Gasteiger partial charge in [0, 0.05) is 0 Å². The molecular formula is C11H20O3S. The summed E-state index contributed by atoms with van der Waals surface area (Å²) < 4.78 is 22.9. The van der Waals surface area contributed by atoms with Crippen LogP contribution in [0, 0.1) is 5.92 Å². The molecular weight excluding hydrogens is 212 g/mol. The van der Waals surface area contributed by atoms with Crippen molar-refractivity contribution >= 4 is 9.84 Å². The largest absolute Gasteiger partial charge is 0.390 e. The van der Waals surface area contributed by atoms with E-state index in [1.807, 2.05) is 0 Å². The molecule has 0 amide bonds. The van der Waals surface area contributed by atoms with Crippen LogP contribution in [0.5, 0.6) is 0 Å². The third-order valence-electron chi connectivity index (χ3n) is 3.76. The average Bonchev–Trinajstić information content (AvgIpc) is 2.49. The lowest BCUT2D eigenvalue weighted by Crippen LogP contribution is -2.33. The first kappa shape index (κ1) is 11.4. The minimum Gasteiger partial charge on any atom is -0.390 e. The molecule has 3 nitrogen and oxygen atoms in total. The van der Waals surface area contributed by atoms with Crippen LogP contribution in [0.4, 0.5) is 0 Å². The van der Waals surface area contributed by atoms with E-state index in [1.54, 1.807) is 0 Å². The Balaban J connectivity index is 1.94. The Morgan fingerprint density at radius 3 is 2.47 bits per heavy atom. The predicted molar refractivity (Wildman–Crippen MR) is 59.4 cm³/mol. The second kappa shape index (κ2) is 4.06. The first-order valence-corrected chi connectivity index (χ1v) is 7.74. The van der Waals surface area contributed by atoms with Gasteiger partial charge < -0.3 is 5.11 Å². The summed E-state index contributed by atoms with van der Waals surface area (Å²) >= 11 is 0. The minimum atomic E-state index is -2.81. The fourth-order valence-electron chi connectivity index (χ4n) is 3.05. The van der Waals surface area contributed by atoms with E-state index in [-0.39, 0.29) is 5.92 Å². The van der Waals surface area contributed by atoms with Crippen LogP contribution >= 0.6 is 0 Å². The van der Waals surface area contributed by atoms with Gasteiger partial charge in [-0.25, -0.2) is 8.42 Å². The maximum atomic E-state index is 11.5. The lowest BCUT2D eigenvalue weighted by atomic mass is 9.87. The highest BCUT2D eigenvalue weighted by Gasteiger charge is 2.36. The van der Waals surface area contributed by atoms with Crippen LogP contribution in [-0.4, -0.2) is 30.6 Å². The number of sulfone groups is 1. The summed E-state index contributed by atoms with van der Waals surface area (Å²) in [6.45, 7) is 0. The third-order valence-corrected chi connectivity index (χ3v) is 5.65. The number of rotatable bonds is 2. The van der Waals surface area contributed by atoms with Gasteiger partial charge in [0.25, 0.3) is 0 Å². The molecule has 1 unspecified atom stereocenters. The van der Waals surface area contributed by atoms with Gasteiger partial charge in [-0.3, -0.25) is 0 Å². The molecule has 1 aliphatic heterocycles. The van der Waals surface area contributed by atoms with E-state index in [2.05, 4.69) is 0 Å². The molecule has 0 aromatic carbocycles. The normalized spacial score (nSPS) is 34.1. The van der Waals surface area contributed by atoms with Crippen molar-refractivity contribution in [3.05, 3.63) is 0 Å². The van der Waals surface area contributed by atoms with Gasteiger partial charge in [0.05, 0.1) is 17.1 Å². The molecule has 1 aliphatic carbocycles.